The first-order chi connectivity index (χ1) is 4.74. The average Bonchev–Trinajstić information content (AvgIpc) is 1.88. The van der Waals surface area contributed by atoms with Crippen LogP contribution in [-0.4, -0.2) is 13.1 Å². The molecule has 0 aliphatic carbocycles. The molecule has 2 heteroatoms. The smallest absolute Gasteiger partial charge is 0.0979 e. The lowest BCUT2D eigenvalue weighted by Gasteiger charge is -2.15. The van der Waals surface area contributed by atoms with E-state index in [0.29, 0.717) is 0 Å². The number of nitrogens with one attached hydrogen (secondary N) is 1. The van der Waals surface area contributed by atoms with Crippen molar-refractivity contribution in [1.82, 2.24) is 5.32 Å². The van der Waals surface area contributed by atoms with Gasteiger partial charge in [-0.3, -0.25) is 0 Å². The highest BCUT2D eigenvalue weighted by molar-refractivity contribution is 5.31. The van der Waals surface area contributed by atoms with Crippen LogP contribution in [0.2, 0.25) is 0 Å². The summed E-state index contributed by atoms with van der Waals surface area (Å²) in [7, 11) is 0. The van der Waals surface area contributed by atoms with Gasteiger partial charge < -0.3 is 11.1 Å². The fourth-order valence-electron chi connectivity index (χ4n) is 1.15. The molecule has 0 bridgehead atoms. The van der Waals surface area contributed by atoms with Crippen LogP contribution in [0, 0.1) is 0 Å². The second-order valence-electron chi connectivity index (χ2n) is 2.72. The van der Waals surface area contributed by atoms with E-state index in [4.69, 9.17) is 0 Å². The molecule has 0 aromatic carbocycles. The third-order valence-electron chi connectivity index (χ3n) is 1.87. The highest BCUT2D eigenvalue weighted by atomic mass is 14.9. The van der Waals surface area contributed by atoms with Crippen LogP contribution in [-0.2, 0) is 0 Å². The van der Waals surface area contributed by atoms with Crippen molar-refractivity contribution in [3.8, 4) is 0 Å². The molecule has 4 N–H and O–H groups in total. The molecule has 1 aliphatic rings. The third kappa shape index (κ3) is 1.39. The van der Waals surface area contributed by atoms with E-state index in [1.807, 2.05) is 0 Å². The summed E-state index contributed by atoms with van der Waals surface area (Å²) < 4.78 is 0. The molecule has 1 rings (SSSR count). The van der Waals surface area contributed by atoms with E-state index in [9.17, 15) is 0 Å². The van der Waals surface area contributed by atoms with Gasteiger partial charge in [-0.1, -0.05) is 0 Å². The van der Waals surface area contributed by atoms with Crippen LogP contribution >= 0.6 is 0 Å². The van der Waals surface area contributed by atoms with Gasteiger partial charge in [0.15, 0.2) is 0 Å². The summed E-state index contributed by atoms with van der Waals surface area (Å²) in [6.07, 6.45) is 2.17. The van der Waals surface area contributed by atoms with Gasteiger partial charge in [-0.05, 0) is 25.5 Å². The van der Waals surface area contributed by atoms with Crippen molar-refractivity contribution in [2.45, 2.75) is 13.8 Å². The first-order valence-electron chi connectivity index (χ1n) is 3.64. The second kappa shape index (κ2) is 2.88. The van der Waals surface area contributed by atoms with E-state index < -0.39 is 0 Å². The number of dihydropyridines is 1. The van der Waals surface area contributed by atoms with Gasteiger partial charge in [0, 0.05) is 17.8 Å². The summed E-state index contributed by atoms with van der Waals surface area (Å²) in [4.78, 5) is 0. The van der Waals surface area contributed by atoms with Crippen molar-refractivity contribution in [3.05, 3.63) is 22.9 Å². The summed E-state index contributed by atoms with van der Waals surface area (Å²) in [6.45, 7) is 6.13. The van der Waals surface area contributed by atoms with Crippen LogP contribution in [0.4, 0.5) is 0 Å². The molecule has 0 spiro atoms. The fraction of sp³-hybridized carbons (Fsp3) is 0.500. The number of hydrogen-bond acceptors (Lipinski definition) is 1. The predicted octanol–water partition coefficient (Wildman–Crippen LogP) is 0.0518. The number of quaternary nitrogens is 1. The standard InChI is InChI=1S/C8H14N2/c1-6-3-7(2)10-5-8(6)4-9/h3,10H,4-5,9H2,1-2H3/p+1. The van der Waals surface area contributed by atoms with Gasteiger partial charge in [-0.25, -0.2) is 0 Å². The topological polar surface area (TPSA) is 39.7 Å². The highest BCUT2D eigenvalue weighted by Crippen LogP contribution is 2.09. The quantitative estimate of drug-likeness (QED) is 0.529. The van der Waals surface area contributed by atoms with E-state index in [0.717, 1.165) is 13.1 Å². The molecule has 0 aromatic heterocycles. The molecule has 2 nitrogen and oxygen atoms in total. The molecular weight excluding hydrogens is 124 g/mol. The zero-order chi connectivity index (χ0) is 7.56. The Kier molecular flexibility index (Phi) is 2.12. The molecule has 0 saturated heterocycles. The van der Waals surface area contributed by atoms with E-state index in [1.165, 1.54) is 16.8 Å². The predicted molar refractivity (Wildman–Crippen MR) is 42.2 cm³/mol. The van der Waals surface area contributed by atoms with Crippen molar-refractivity contribution < 1.29 is 5.73 Å². The van der Waals surface area contributed by atoms with Crippen molar-refractivity contribution in [2.75, 3.05) is 13.1 Å². The molecule has 10 heavy (non-hydrogen) atoms. The Bertz CT molecular complexity index is 189. The highest BCUT2D eigenvalue weighted by Gasteiger charge is 2.05. The van der Waals surface area contributed by atoms with Gasteiger partial charge in [0.1, 0.15) is 0 Å². The van der Waals surface area contributed by atoms with Gasteiger partial charge in [0.2, 0.25) is 0 Å². The van der Waals surface area contributed by atoms with Crippen molar-refractivity contribution in [2.24, 2.45) is 0 Å². The molecule has 0 amide bonds. The summed E-state index contributed by atoms with van der Waals surface area (Å²) in [5.74, 6) is 0. The minimum Gasteiger partial charge on any atom is -0.385 e. The molecule has 0 aromatic rings. The van der Waals surface area contributed by atoms with E-state index >= 15 is 0 Å². The maximum atomic E-state index is 3.86. The van der Waals surface area contributed by atoms with Crippen LogP contribution in [0.1, 0.15) is 13.8 Å². The first kappa shape index (κ1) is 7.35. The summed E-state index contributed by atoms with van der Waals surface area (Å²) in [5, 5.41) is 3.28. The van der Waals surface area contributed by atoms with Crippen molar-refractivity contribution in [1.29, 1.82) is 0 Å². The lowest BCUT2D eigenvalue weighted by Crippen LogP contribution is -2.52. The summed E-state index contributed by atoms with van der Waals surface area (Å²) >= 11 is 0. The van der Waals surface area contributed by atoms with Crippen molar-refractivity contribution in [3.63, 3.8) is 0 Å². The molecular formula is C8H15N2+. The van der Waals surface area contributed by atoms with Gasteiger partial charge >= 0.3 is 0 Å². The Morgan fingerprint density at radius 1 is 1.60 bits per heavy atom. The van der Waals surface area contributed by atoms with E-state index in [2.05, 4.69) is 31.0 Å². The number of rotatable bonds is 1. The van der Waals surface area contributed by atoms with E-state index in [-0.39, 0.29) is 0 Å². The zero-order valence-corrected chi connectivity index (χ0v) is 6.70. The van der Waals surface area contributed by atoms with Crippen LogP contribution in [0.3, 0.4) is 0 Å². The monoisotopic (exact) mass is 139 g/mol. The lowest BCUT2D eigenvalue weighted by molar-refractivity contribution is -0.356. The van der Waals surface area contributed by atoms with E-state index in [1.54, 1.807) is 0 Å². The van der Waals surface area contributed by atoms with Crippen LogP contribution in [0.25, 0.3) is 0 Å². The Morgan fingerprint density at radius 3 is 2.80 bits per heavy atom. The SMILES string of the molecule is CC1=CC(C)=C(C[NH3+])CN1. The molecule has 0 atom stereocenters. The lowest BCUT2D eigenvalue weighted by atomic mass is 10.1. The normalized spacial score (nSPS) is 18.5. The average molecular weight is 139 g/mol. The first-order valence-corrected chi connectivity index (χ1v) is 3.64. The number of allylic oxidation sites excluding steroid dienone is 3. The minimum absolute atomic E-state index is 0.919. The molecule has 56 valence electrons. The van der Waals surface area contributed by atoms with Gasteiger partial charge in [-0.2, -0.15) is 0 Å². The number of hydrogen-bond donors (Lipinski definition) is 2. The molecule has 0 unspecified atom stereocenters. The van der Waals surface area contributed by atoms with Gasteiger partial charge in [0.25, 0.3) is 0 Å². The molecule has 0 radical (unpaired) electrons. The Morgan fingerprint density at radius 2 is 2.30 bits per heavy atom. The van der Waals surface area contributed by atoms with Crippen LogP contribution in [0.5, 0.6) is 0 Å². The third-order valence-corrected chi connectivity index (χ3v) is 1.87. The molecule has 0 fully saturated rings. The van der Waals surface area contributed by atoms with Crippen LogP contribution < -0.4 is 11.1 Å². The van der Waals surface area contributed by atoms with Crippen LogP contribution in [0.15, 0.2) is 22.9 Å². The largest absolute Gasteiger partial charge is 0.385 e. The summed E-state index contributed by atoms with van der Waals surface area (Å²) in [6, 6.07) is 0. The van der Waals surface area contributed by atoms with Crippen molar-refractivity contribution >= 4 is 0 Å². The molecule has 0 saturated carbocycles. The maximum Gasteiger partial charge on any atom is 0.0979 e. The minimum atomic E-state index is 0.919. The second-order valence-corrected chi connectivity index (χ2v) is 2.72. The summed E-state index contributed by atoms with van der Waals surface area (Å²) in [5.41, 5.74) is 7.92. The zero-order valence-electron chi connectivity index (χ0n) is 6.70. The van der Waals surface area contributed by atoms with Gasteiger partial charge in [-0.15, -0.1) is 0 Å². The molecule has 1 aliphatic heterocycles. The fourth-order valence-corrected chi connectivity index (χ4v) is 1.15. The maximum absolute atomic E-state index is 3.86. The Balaban J connectivity index is 2.80. The Labute approximate surface area is 61.8 Å². The molecule has 1 heterocycles. The Hall–Kier alpha value is -0.760. The van der Waals surface area contributed by atoms with Gasteiger partial charge in [0.05, 0.1) is 6.54 Å².